The average Bonchev–Trinajstić information content (AvgIpc) is 3.32. The molecule has 1 aliphatic heterocycles. The second kappa shape index (κ2) is 7.17. The highest BCUT2D eigenvalue weighted by Crippen LogP contribution is 2.36. The Morgan fingerprint density at radius 1 is 1.15 bits per heavy atom. The number of nitrogens with zero attached hydrogens (tertiary/aromatic N) is 4. The van der Waals surface area contributed by atoms with Gasteiger partial charge in [-0.2, -0.15) is 0 Å². The number of methoxy groups -OCH3 is 1. The Morgan fingerprint density at radius 2 is 1.96 bits per heavy atom. The summed E-state index contributed by atoms with van der Waals surface area (Å²) in [6, 6.07) is 16.4. The molecule has 0 unspecified atom stereocenters. The summed E-state index contributed by atoms with van der Waals surface area (Å²) in [5, 5.41) is 8.63. The van der Waals surface area contributed by atoms with Gasteiger partial charge in [0.15, 0.2) is 6.23 Å². The lowest BCUT2D eigenvalue weighted by molar-refractivity contribution is 0.110. The van der Waals surface area contributed by atoms with Gasteiger partial charge in [-0.15, -0.1) is 5.10 Å². The molecule has 0 aliphatic carbocycles. The summed E-state index contributed by atoms with van der Waals surface area (Å²) in [4.78, 5) is 2.17. The number of anilines is 1. The number of benzene rings is 2. The first-order chi connectivity index (χ1) is 12.7. The number of aryl methyl sites for hydroxylation is 1. The van der Waals surface area contributed by atoms with Gasteiger partial charge in [0.25, 0.3) is 0 Å². The molecule has 26 heavy (non-hydrogen) atoms. The van der Waals surface area contributed by atoms with Crippen LogP contribution in [0.2, 0.25) is 0 Å². The molecule has 1 saturated heterocycles. The second-order valence-electron chi connectivity index (χ2n) is 6.41. The van der Waals surface area contributed by atoms with Gasteiger partial charge < -0.3 is 14.4 Å². The molecule has 0 N–H and O–H groups in total. The largest absolute Gasteiger partial charge is 0.495 e. The molecule has 3 aromatic rings. The summed E-state index contributed by atoms with van der Waals surface area (Å²) in [5.74, 6) is 0.829. The monoisotopic (exact) mass is 350 g/mol. The minimum atomic E-state index is -0.252. The fourth-order valence-electron chi connectivity index (χ4n) is 3.21. The third-order valence-corrected chi connectivity index (χ3v) is 4.56. The maximum Gasteiger partial charge on any atom is 0.177 e. The topological polar surface area (TPSA) is 52.4 Å². The zero-order valence-electron chi connectivity index (χ0n) is 15.0. The first-order valence-corrected chi connectivity index (χ1v) is 8.71. The van der Waals surface area contributed by atoms with Crippen molar-refractivity contribution in [3.05, 3.63) is 71.5 Å². The van der Waals surface area contributed by atoms with E-state index >= 15 is 0 Å². The highest BCUT2D eigenvalue weighted by molar-refractivity contribution is 5.59. The van der Waals surface area contributed by atoms with Crippen LogP contribution in [-0.2, 0) is 11.3 Å². The predicted molar refractivity (Wildman–Crippen MR) is 99.3 cm³/mol. The first-order valence-electron chi connectivity index (χ1n) is 8.71. The fourth-order valence-corrected chi connectivity index (χ4v) is 3.21. The minimum Gasteiger partial charge on any atom is -0.495 e. The molecule has 1 fully saturated rings. The SMILES string of the molecule is COc1ccccc1N1CCO[C@@H]1c1cn(Cc2ccc(C)cc2)nn1. The standard InChI is InChI=1S/C20H22N4O2/c1-15-7-9-16(10-8-15)13-23-14-17(21-22-23)20-24(11-12-26-20)18-5-3-4-6-19(18)25-2/h3-10,14,20H,11-13H2,1-2H3/t20-/m1/s1. The molecule has 1 aromatic heterocycles. The highest BCUT2D eigenvalue weighted by atomic mass is 16.5. The summed E-state index contributed by atoms with van der Waals surface area (Å²) in [7, 11) is 1.68. The van der Waals surface area contributed by atoms with Gasteiger partial charge in [-0.25, -0.2) is 4.68 Å². The van der Waals surface area contributed by atoms with Gasteiger partial charge >= 0.3 is 0 Å². The van der Waals surface area contributed by atoms with Crippen molar-refractivity contribution in [2.24, 2.45) is 0 Å². The number of ether oxygens (including phenoxy) is 2. The lowest BCUT2D eigenvalue weighted by Gasteiger charge is -2.25. The van der Waals surface area contributed by atoms with E-state index in [1.165, 1.54) is 11.1 Å². The Bertz CT molecular complexity index is 876. The number of rotatable bonds is 5. The molecule has 0 amide bonds. The number of aromatic nitrogens is 3. The van der Waals surface area contributed by atoms with Crippen LogP contribution < -0.4 is 9.64 Å². The van der Waals surface area contributed by atoms with Crippen molar-refractivity contribution in [3.63, 3.8) is 0 Å². The van der Waals surface area contributed by atoms with Gasteiger partial charge in [-0.05, 0) is 24.6 Å². The van der Waals surface area contributed by atoms with Crippen molar-refractivity contribution in [2.75, 3.05) is 25.2 Å². The molecule has 0 saturated carbocycles. The predicted octanol–water partition coefficient (Wildman–Crippen LogP) is 3.18. The molecule has 2 aromatic carbocycles. The van der Waals surface area contributed by atoms with Gasteiger partial charge in [0.1, 0.15) is 11.4 Å². The summed E-state index contributed by atoms with van der Waals surface area (Å²) in [6.07, 6.45) is 1.70. The van der Waals surface area contributed by atoms with E-state index in [0.29, 0.717) is 13.2 Å². The van der Waals surface area contributed by atoms with Crippen molar-refractivity contribution in [2.45, 2.75) is 19.7 Å². The smallest absolute Gasteiger partial charge is 0.177 e. The zero-order chi connectivity index (χ0) is 17.9. The van der Waals surface area contributed by atoms with Gasteiger partial charge in [-0.3, -0.25) is 0 Å². The Balaban J connectivity index is 1.55. The van der Waals surface area contributed by atoms with Crippen LogP contribution in [-0.4, -0.2) is 35.3 Å². The van der Waals surface area contributed by atoms with E-state index in [1.54, 1.807) is 7.11 Å². The lowest BCUT2D eigenvalue weighted by Crippen LogP contribution is -2.24. The van der Waals surface area contributed by atoms with Crippen LogP contribution in [0.3, 0.4) is 0 Å². The quantitative estimate of drug-likeness (QED) is 0.707. The van der Waals surface area contributed by atoms with Crippen LogP contribution in [0, 0.1) is 6.92 Å². The second-order valence-corrected chi connectivity index (χ2v) is 6.41. The van der Waals surface area contributed by atoms with Crippen LogP contribution in [0.15, 0.2) is 54.7 Å². The Labute approximate surface area is 153 Å². The zero-order valence-corrected chi connectivity index (χ0v) is 15.0. The maximum absolute atomic E-state index is 5.94. The van der Waals surface area contributed by atoms with E-state index < -0.39 is 0 Å². The molecule has 0 bridgehead atoms. The summed E-state index contributed by atoms with van der Waals surface area (Å²) in [6.45, 7) is 4.21. The van der Waals surface area contributed by atoms with Crippen LogP contribution >= 0.6 is 0 Å². The number of hydrogen-bond acceptors (Lipinski definition) is 5. The molecule has 6 heteroatoms. The molecule has 0 radical (unpaired) electrons. The van der Waals surface area contributed by atoms with Crippen molar-refractivity contribution < 1.29 is 9.47 Å². The van der Waals surface area contributed by atoms with Crippen molar-refractivity contribution in [3.8, 4) is 5.75 Å². The van der Waals surface area contributed by atoms with E-state index in [1.807, 2.05) is 35.1 Å². The van der Waals surface area contributed by atoms with E-state index in [-0.39, 0.29) is 6.23 Å². The molecular weight excluding hydrogens is 328 g/mol. The summed E-state index contributed by atoms with van der Waals surface area (Å²) in [5.41, 5.74) is 4.26. The van der Waals surface area contributed by atoms with Crippen LogP contribution in [0.4, 0.5) is 5.69 Å². The van der Waals surface area contributed by atoms with Gasteiger partial charge in [0, 0.05) is 6.54 Å². The molecule has 134 valence electrons. The van der Waals surface area contributed by atoms with E-state index in [9.17, 15) is 0 Å². The van der Waals surface area contributed by atoms with E-state index in [2.05, 4.69) is 46.4 Å². The van der Waals surface area contributed by atoms with E-state index in [0.717, 1.165) is 23.7 Å². The fraction of sp³-hybridized carbons (Fsp3) is 0.300. The third-order valence-electron chi connectivity index (χ3n) is 4.56. The highest BCUT2D eigenvalue weighted by Gasteiger charge is 2.31. The van der Waals surface area contributed by atoms with Gasteiger partial charge in [0.2, 0.25) is 0 Å². The van der Waals surface area contributed by atoms with Crippen LogP contribution in [0.25, 0.3) is 0 Å². The summed E-state index contributed by atoms with van der Waals surface area (Å²) < 4.78 is 13.3. The molecule has 4 rings (SSSR count). The Morgan fingerprint density at radius 3 is 2.77 bits per heavy atom. The maximum atomic E-state index is 5.94. The molecule has 0 spiro atoms. The molecule has 1 atom stereocenters. The third kappa shape index (κ3) is 3.28. The number of para-hydroxylation sites is 2. The molecule has 1 aliphatic rings. The van der Waals surface area contributed by atoms with Crippen molar-refractivity contribution in [1.29, 1.82) is 0 Å². The molecule has 2 heterocycles. The Kier molecular flexibility index (Phi) is 4.58. The Hall–Kier alpha value is -2.86. The minimum absolute atomic E-state index is 0.252. The lowest BCUT2D eigenvalue weighted by atomic mass is 10.1. The average molecular weight is 350 g/mol. The summed E-state index contributed by atoms with van der Waals surface area (Å²) >= 11 is 0. The normalized spacial score (nSPS) is 16.8. The first kappa shape index (κ1) is 16.6. The van der Waals surface area contributed by atoms with Gasteiger partial charge in [0.05, 0.1) is 32.1 Å². The van der Waals surface area contributed by atoms with Crippen LogP contribution in [0.5, 0.6) is 5.75 Å². The number of hydrogen-bond donors (Lipinski definition) is 0. The van der Waals surface area contributed by atoms with Crippen LogP contribution in [0.1, 0.15) is 23.0 Å². The molecule has 6 nitrogen and oxygen atoms in total. The van der Waals surface area contributed by atoms with Crippen molar-refractivity contribution >= 4 is 5.69 Å². The van der Waals surface area contributed by atoms with E-state index in [4.69, 9.17) is 9.47 Å². The molecular formula is C20H22N4O2. The van der Waals surface area contributed by atoms with Crippen molar-refractivity contribution in [1.82, 2.24) is 15.0 Å². The van der Waals surface area contributed by atoms with Gasteiger partial charge in [-0.1, -0.05) is 47.2 Å².